The molecule has 1 saturated heterocycles. The van der Waals surface area contributed by atoms with Crippen LogP contribution in [0.25, 0.3) is 0 Å². The van der Waals surface area contributed by atoms with E-state index in [4.69, 9.17) is 0 Å². The standard InChI is InChI=1S/C14H26N2O/c17-14(10-12-6-8-15-9-7-12)16-11-13-4-2-1-3-5-13/h12-13,15H,1-11H2,(H,16,17). The van der Waals surface area contributed by atoms with E-state index in [0.29, 0.717) is 5.92 Å². The molecule has 2 rings (SSSR count). The molecule has 17 heavy (non-hydrogen) atoms. The Balaban J connectivity index is 1.59. The van der Waals surface area contributed by atoms with Crippen molar-refractivity contribution < 1.29 is 4.79 Å². The molecule has 1 amide bonds. The summed E-state index contributed by atoms with van der Waals surface area (Å²) in [7, 11) is 0. The van der Waals surface area contributed by atoms with Crippen LogP contribution < -0.4 is 10.6 Å². The van der Waals surface area contributed by atoms with Crippen LogP contribution in [0.2, 0.25) is 0 Å². The van der Waals surface area contributed by atoms with E-state index in [0.717, 1.165) is 44.8 Å². The molecule has 0 spiro atoms. The van der Waals surface area contributed by atoms with Gasteiger partial charge in [0.1, 0.15) is 0 Å². The number of hydrogen-bond acceptors (Lipinski definition) is 2. The molecule has 98 valence electrons. The molecule has 2 fully saturated rings. The first-order valence-electron chi connectivity index (χ1n) is 7.32. The van der Waals surface area contributed by atoms with Gasteiger partial charge < -0.3 is 10.6 Å². The fourth-order valence-electron chi connectivity index (χ4n) is 3.07. The lowest BCUT2D eigenvalue weighted by Crippen LogP contribution is -2.34. The Hall–Kier alpha value is -0.570. The van der Waals surface area contributed by atoms with Crippen molar-refractivity contribution in [3.8, 4) is 0 Å². The van der Waals surface area contributed by atoms with Crippen LogP contribution in [0.4, 0.5) is 0 Å². The van der Waals surface area contributed by atoms with Gasteiger partial charge in [-0.3, -0.25) is 4.79 Å². The number of carbonyl (C=O) groups excluding carboxylic acids is 1. The largest absolute Gasteiger partial charge is 0.356 e. The molecular formula is C14H26N2O. The van der Waals surface area contributed by atoms with Crippen molar-refractivity contribution in [2.45, 2.75) is 51.4 Å². The SMILES string of the molecule is O=C(CC1CCNCC1)NCC1CCCCC1. The molecule has 0 atom stereocenters. The van der Waals surface area contributed by atoms with Gasteiger partial charge in [0.2, 0.25) is 5.91 Å². The molecule has 0 aromatic carbocycles. The molecule has 0 unspecified atom stereocenters. The fraction of sp³-hybridized carbons (Fsp3) is 0.929. The van der Waals surface area contributed by atoms with Crippen LogP contribution in [0.3, 0.4) is 0 Å². The van der Waals surface area contributed by atoms with Crippen molar-refractivity contribution in [3.05, 3.63) is 0 Å². The van der Waals surface area contributed by atoms with Gasteiger partial charge in [-0.1, -0.05) is 19.3 Å². The average Bonchev–Trinajstić information content (AvgIpc) is 2.39. The van der Waals surface area contributed by atoms with Gasteiger partial charge in [-0.05, 0) is 50.6 Å². The summed E-state index contributed by atoms with van der Waals surface area (Å²) in [5.41, 5.74) is 0. The van der Waals surface area contributed by atoms with Crippen molar-refractivity contribution in [1.29, 1.82) is 0 Å². The normalized spacial score (nSPS) is 23.5. The highest BCUT2D eigenvalue weighted by molar-refractivity contribution is 5.76. The molecule has 2 N–H and O–H groups in total. The van der Waals surface area contributed by atoms with Gasteiger partial charge in [0.15, 0.2) is 0 Å². The van der Waals surface area contributed by atoms with Crippen molar-refractivity contribution in [2.24, 2.45) is 11.8 Å². The van der Waals surface area contributed by atoms with E-state index in [9.17, 15) is 4.79 Å². The summed E-state index contributed by atoms with van der Waals surface area (Å²) in [6.07, 6.45) is 9.80. The zero-order chi connectivity index (χ0) is 11.9. The minimum atomic E-state index is 0.280. The van der Waals surface area contributed by atoms with Crippen LogP contribution in [0, 0.1) is 11.8 Å². The lowest BCUT2D eigenvalue weighted by atomic mass is 9.89. The summed E-state index contributed by atoms with van der Waals surface area (Å²) in [6.45, 7) is 3.09. The number of nitrogens with one attached hydrogen (secondary N) is 2. The third-order valence-corrected chi connectivity index (χ3v) is 4.25. The van der Waals surface area contributed by atoms with Crippen molar-refractivity contribution in [1.82, 2.24) is 10.6 Å². The maximum absolute atomic E-state index is 11.8. The third kappa shape index (κ3) is 4.66. The number of amides is 1. The van der Waals surface area contributed by atoms with Crippen LogP contribution >= 0.6 is 0 Å². The Labute approximate surface area is 105 Å². The minimum absolute atomic E-state index is 0.280. The first-order chi connectivity index (χ1) is 8.34. The maximum atomic E-state index is 11.8. The molecule has 1 saturated carbocycles. The van der Waals surface area contributed by atoms with Gasteiger partial charge in [0.05, 0.1) is 0 Å². The van der Waals surface area contributed by atoms with Gasteiger partial charge in [-0.15, -0.1) is 0 Å². The number of rotatable bonds is 4. The quantitative estimate of drug-likeness (QED) is 0.787. The summed E-state index contributed by atoms with van der Waals surface area (Å²) < 4.78 is 0. The zero-order valence-corrected chi connectivity index (χ0v) is 10.8. The summed E-state index contributed by atoms with van der Waals surface area (Å²) >= 11 is 0. The Morgan fingerprint density at radius 2 is 1.71 bits per heavy atom. The lowest BCUT2D eigenvalue weighted by molar-refractivity contribution is -0.122. The molecule has 3 heteroatoms. The van der Waals surface area contributed by atoms with E-state index in [-0.39, 0.29) is 5.91 Å². The van der Waals surface area contributed by atoms with E-state index in [1.54, 1.807) is 0 Å². The average molecular weight is 238 g/mol. The molecule has 1 aliphatic heterocycles. The van der Waals surface area contributed by atoms with E-state index < -0.39 is 0 Å². The summed E-state index contributed by atoms with van der Waals surface area (Å²) in [5.74, 6) is 1.64. The number of hydrogen-bond donors (Lipinski definition) is 2. The van der Waals surface area contributed by atoms with Crippen LogP contribution in [-0.2, 0) is 4.79 Å². The summed E-state index contributed by atoms with van der Waals surface area (Å²) in [4.78, 5) is 11.8. The van der Waals surface area contributed by atoms with E-state index in [1.807, 2.05) is 0 Å². The van der Waals surface area contributed by atoms with Crippen molar-refractivity contribution >= 4 is 5.91 Å². The minimum Gasteiger partial charge on any atom is -0.356 e. The highest BCUT2D eigenvalue weighted by Gasteiger charge is 2.18. The maximum Gasteiger partial charge on any atom is 0.220 e. The molecule has 0 aromatic heterocycles. The van der Waals surface area contributed by atoms with Gasteiger partial charge in [-0.25, -0.2) is 0 Å². The molecule has 0 bridgehead atoms. The highest BCUT2D eigenvalue weighted by Crippen LogP contribution is 2.23. The van der Waals surface area contributed by atoms with Gasteiger partial charge in [-0.2, -0.15) is 0 Å². The van der Waals surface area contributed by atoms with Crippen LogP contribution in [-0.4, -0.2) is 25.5 Å². The van der Waals surface area contributed by atoms with E-state index >= 15 is 0 Å². The predicted molar refractivity (Wildman–Crippen MR) is 69.8 cm³/mol. The molecule has 2 aliphatic rings. The van der Waals surface area contributed by atoms with E-state index in [1.165, 1.54) is 32.1 Å². The smallest absolute Gasteiger partial charge is 0.220 e. The van der Waals surface area contributed by atoms with Crippen LogP contribution in [0.15, 0.2) is 0 Å². The Morgan fingerprint density at radius 1 is 1.00 bits per heavy atom. The highest BCUT2D eigenvalue weighted by atomic mass is 16.1. The fourth-order valence-corrected chi connectivity index (χ4v) is 3.07. The molecule has 1 heterocycles. The third-order valence-electron chi connectivity index (χ3n) is 4.25. The molecular weight excluding hydrogens is 212 g/mol. The predicted octanol–water partition coefficient (Wildman–Crippen LogP) is 2.07. The Kier molecular flexibility index (Phi) is 5.30. The van der Waals surface area contributed by atoms with Gasteiger partial charge in [0.25, 0.3) is 0 Å². The second kappa shape index (κ2) is 7.00. The molecule has 3 nitrogen and oxygen atoms in total. The number of carbonyl (C=O) groups is 1. The van der Waals surface area contributed by atoms with Crippen LogP contribution in [0.5, 0.6) is 0 Å². The van der Waals surface area contributed by atoms with Crippen LogP contribution in [0.1, 0.15) is 51.4 Å². The van der Waals surface area contributed by atoms with Gasteiger partial charge >= 0.3 is 0 Å². The number of piperidine rings is 1. The zero-order valence-electron chi connectivity index (χ0n) is 10.8. The van der Waals surface area contributed by atoms with Gasteiger partial charge in [0, 0.05) is 13.0 Å². The first-order valence-corrected chi connectivity index (χ1v) is 7.32. The second-order valence-electron chi connectivity index (χ2n) is 5.71. The van der Waals surface area contributed by atoms with Crippen molar-refractivity contribution in [2.75, 3.05) is 19.6 Å². The Bertz CT molecular complexity index is 230. The van der Waals surface area contributed by atoms with Crippen molar-refractivity contribution in [3.63, 3.8) is 0 Å². The molecule has 0 aromatic rings. The summed E-state index contributed by atoms with van der Waals surface area (Å²) in [5, 5.41) is 6.48. The first kappa shape index (κ1) is 12.9. The van der Waals surface area contributed by atoms with E-state index in [2.05, 4.69) is 10.6 Å². The second-order valence-corrected chi connectivity index (χ2v) is 5.71. The monoisotopic (exact) mass is 238 g/mol. The summed E-state index contributed by atoms with van der Waals surface area (Å²) in [6, 6.07) is 0. The topological polar surface area (TPSA) is 41.1 Å². The lowest BCUT2D eigenvalue weighted by Gasteiger charge is -2.24. The Morgan fingerprint density at radius 3 is 2.41 bits per heavy atom. The molecule has 1 aliphatic carbocycles. The molecule has 0 radical (unpaired) electrons.